The van der Waals surface area contributed by atoms with E-state index in [1.807, 2.05) is 6.07 Å². The Kier molecular flexibility index (Phi) is 84.3. The van der Waals surface area contributed by atoms with Gasteiger partial charge in [0.2, 0.25) is 0 Å². The molecular weight excluding hydrogens is 124 g/mol. The Labute approximate surface area is 66.7 Å². The van der Waals surface area contributed by atoms with Gasteiger partial charge < -0.3 is 0 Å². The highest BCUT2D eigenvalue weighted by atomic mass is 15.1. The number of nitrogens with zero attached hydrogens (tertiary/aromatic N) is 1. The van der Waals surface area contributed by atoms with Gasteiger partial charge in [-0.3, -0.25) is 5.10 Å². The lowest BCUT2D eigenvalue weighted by atomic mass is 10.8. The summed E-state index contributed by atoms with van der Waals surface area (Å²) >= 11 is 0. The molecule has 0 aromatic carbocycles. The van der Waals surface area contributed by atoms with Crippen molar-refractivity contribution in [2.45, 2.75) is 37.1 Å². The van der Waals surface area contributed by atoms with Gasteiger partial charge in [0.15, 0.2) is 0 Å². The van der Waals surface area contributed by atoms with Crippen molar-refractivity contribution < 1.29 is 0 Å². The summed E-state index contributed by atoms with van der Waals surface area (Å²) in [6, 6.07) is 1.83. The Balaban J connectivity index is -0.0000000167. The molecule has 0 aliphatic carbocycles. The highest BCUT2D eigenvalue weighted by Crippen LogP contribution is 1.64. The SMILES string of the molecule is C.C.C.C.C.c1cn[nH]c1. The molecule has 2 nitrogen and oxygen atoms in total. The first kappa shape index (κ1) is 35.0. The summed E-state index contributed by atoms with van der Waals surface area (Å²) in [5.41, 5.74) is 0. The van der Waals surface area contributed by atoms with Crippen LogP contribution in [0.3, 0.4) is 0 Å². The molecule has 0 atom stereocenters. The van der Waals surface area contributed by atoms with E-state index in [-0.39, 0.29) is 37.1 Å². The van der Waals surface area contributed by atoms with Gasteiger partial charge >= 0.3 is 0 Å². The van der Waals surface area contributed by atoms with E-state index < -0.39 is 0 Å². The molecule has 1 aromatic heterocycles. The van der Waals surface area contributed by atoms with Gasteiger partial charge in [0.25, 0.3) is 0 Å². The van der Waals surface area contributed by atoms with Crippen LogP contribution in [0.25, 0.3) is 0 Å². The average Bonchev–Trinajstić information content (AvgIpc) is 1.76. The Morgan fingerprint density at radius 3 is 1.50 bits per heavy atom. The fourth-order valence-corrected chi connectivity index (χ4v) is 0.215. The third-order valence-corrected chi connectivity index (χ3v) is 0.406. The number of aromatic nitrogens is 2. The van der Waals surface area contributed by atoms with Crippen molar-refractivity contribution in [3.63, 3.8) is 0 Å². The minimum absolute atomic E-state index is 0. The van der Waals surface area contributed by atoms with Crippen molar-refractivity contribution in [1.29, 1.82) is 0 Å². The summed E-state index contributed by atoms with van der Waals surface area (Å²) in [5.74, 6) is 0. The summed E-state index contributed by atoms with van der Waals surface area (Å²) in [7, 11) is 0. The summed E-state index contributed by atoms with van der Waals surface area (Å²) in [6.45, 7) is 0. The van der Waals surface area contributed by atoms with Crippen molar-refractivity contribution >= 4 is 0 Å². The number of nitrogens with one attached hydrogen (secondary N) is 1. The van der Waals surface area contributed by atoms with Gasteiger partial charge in [-0.25, -0.2) is 0 Å². The molecule has 0 bridgehead atoms. The lowest BCUT2D eigenvalue weighted by Gasteiger charge is -1.49. The molecule has 0 unspecified atom stereocenters. The molecule has 66 valence electrons. The molecule has 1 heterocycles. The molecule has 0 radical (unpaired) electrons. The molecule has 0 aliphatic heterocycles. The van der Waals surface area contributed by atoms with E-state index in [4.69, 9.17) is 0 Å². The maximum atomic E-state index is 3.60. The number of rotatable bonds is 0. The third-order valence-electron chi connectivity index (χ3n) is 0.406. The van der Waals surface area contributed by atoms with Crippen molar-refractivity contribution in [3.05, 3.63) is 18.5 Å². The normalized spacial score (nSPS) is 4.00. The molecule has 0 saturated carbocycles. The second-order valence-corrected chi connectivity index (χ2v) is 0.766. The Bertz CT molecular complexity index is 63.7. The first-order chi connectivity index (χ1) is 2.50. The highest BCUT2D eigenvalue weighted by Gasteiger charge is 1.56. The zero-order valence-corrected chi connectivity index (χ0v) is 2.68. The average molecular weight is 148 g/mol. The van der Waals surface area contributed by atoms with Gasteiger partial charge in [-0.15, -0.1) is 0 Å². The number of hydrogen-bond acceptors (Lipinski definition) is 1. The van der Waals surface area contributed by atoms with Crippen LogP contribution in [0.5, 0.6) is 0 Å². The van der Waals surface area contributed by atoms with Crippen LogP contribution in [0.4, 0.5) is 0 Å². The summed E-state index contributed by atoms with van der Waals surface area (Å²) in [4.78, 5) is 0. The lowest BCUT2D eigenvalue weighted by Crippen LogP contribution is -1.53. The van der Waals surface area contributed by atoms with Crippen LogP contribution in [0, 0.1) is 0 Å². The van der Waals surface area contributed by atoms with Gasteiger partial charge in [0.05, 0.1) is 0 Å². The molecule has 0 spiro atoms. The zero-order chi connectivity index (χ0) is 3.54. The van der Waals surface area contributed by atoms with Crippen LogP contribution in [-0.4, -0.2) is 10.2 Å². The predicted molar refractivity (Wildman–Crippen MR) is 52.2 cm³/mol. The van der Waals surface area contributed by atoms with E-state index >= 15 is 0 Å². The van der Waals surface area contributed by atoms with Gasteiger partial charge in [-0.05, 0) is 6.07 Å². The summed E-state index contributed by atoms with van der Waals surface area (Å²) < 4.78 is 0. The first-order valence-corrected chi connectivity index (χ1v) is 1.44. The van der Waals surface area contributed by atoms with Gasteiger partial charge in [0.1, 0.15) is 0 Å². The van der Waals surface area contributed by atoms with E-state index in [1.165, 1.54) is 0 Å². The maximum absolute atomic E-state index is 3.60. The van der Waals surface area contributed by atoms with Crippen molar-refractivity contribution in [1.82, 2.24) is 10.2 Å². The quantitative estimate of drug-likeness (QED) is 0.598. The molecule has 1 rings (SSSR count). The second kappa shape index (κ2) is 24.1. The lowest BCUT2D eigenvalue weighted by molar-refractivity contribution is 1.09. The molecule has 1 aromatic rings. The second-order valence-electron chi connectivity index (χ2n) is 0.766. The molecular formula is C8H24N2. The van der Waals surface area contributed by atoms with Crippen molar-refractivity contribution in [3.8, 4) is 0 Å². The Morgan fingerprint density at radius 2 is 1.40 bits per heavy atom. The third kappa shape index (κ3) is 15.7. The monoisotopic (exact) mass is 148 g/mol. The zero-order valence-electron chi connectivity index (χ0n) is 2.68. The smallest absolute Gasteiger partial charge is 0.0487 e. The topological polar surface area (TPSA) is 28.7 Å². The fraction of sp³-hybridized carbons (Fsp3) is 0.625. The molecule has 2 heteroatoms. The standard InChI is InChI=1S/C3H4N2.5CH4/c1-2-4-5-3-1;;;;;/h1-3H,(H,4,5);5*1H4. The molecule has 1 N–H and O–H groups in total. The van der Waals surface area contributed by atoms with Crippen molar-refractivity contribution in [2.75, 3.05) is 0 Å². The van der Waals surface area contributed by atoms with Gasteiger partial charge in [0, 0.05) is 12.4 Å². The molecule has 10 heavy (non-hydrogen) atoms. The largest absolute Gasteiger partial charge is 0.286 e. The van der Waals surface area contributed by atoms with E-state index in [0.717, 1.165) is 0 Å². The highest BCUT2D eigenvalue weighted by molar-refractivity contribution is 4.72. The molecule has 0 fully saturated rings. The summed E-state index contributed by atoms with van der Waals surface area (Å²) in [6.07, 6.45) is 3.46. The van der Waals surface area contributed by atoms with Crippen LogP contribution in [0.15, 0.2) is 18.5 Å². The molecule has 0 saturated heterocycles. The van der Waals surface area contributed by atoms with Crippen LogP contribution in [-0.2, 0) is 0 Å². The fourth-order valence-electron chi connectivity index (χ4n) is 0.215. The van der Waals surface area contributed by atoms with E-state index in [0.29, 0.717) is 0 Å². The predicted octanol–water partition coefficient (Wildman–Crippen LogP) is 3.59. The van der Waals surface area contributed by atoms with Gasteiger partial charge in [-0.1, -0.05) is 37.1 Å². The Morgan fingerprint density at radius 1 is 0.900 bits per heavy atom. The first-order valence-electron chi connectivity index (χ1n) is 1.44. The Hall–Kier alpha value is -0.790. The number of H-pyrrole nitrogens is 1. The van der Waals surface area contributed by atoms with Crippen LogP contribution in [0.1, 0.15) is 37.1 Å². The summed E-state index contributed by atoms with van der Waals surface area (Å²) in [5, 5.41) is 6.21. The van der Waals surface area contributed by atoms with Crippen LogP contribution >= 0.6 is 0 Å². The van der Waals surface area contributed by atoms with Crippen molar-refractivity contribution in [2.24, 2.45) is 0 Å². The van der Waals surface area contributed by atoms with Gasteiger partial charge in [-0.2, -0.15) is 5.10 Å². The minimum Gasteiger partial charge on any atom is -0.286 e. The van der Waals surface area contributed by atoms with E-state index in [9.17, 15) is 0 Å². The minimum atomic E-state index is 0. The maximum Gasteiger partial charge on any atom is 0.0487 e. The van der Waals surface area contributed by atoms with E-state index in [2.05, 4.69) is 10.2 Å². The number of aromatic amines is 1. The van der Waals surface area contributed by atoms with E-state index in [1.54, 1.807) is 12.4 Å². The van der Waals surface area contributed by atoms with Crippen LogP contribution < -0.4 is 0 Å². The molecule has 0 amide bonds. The molecule has 0 aliphatic rings. The van der Waals surface area contributed by atoms with Crippen LogP contribution in [0.2, 0.25) is 0 Å². The number of hydrogen-bond donors (Lipinski definition) is 1.